The second-order valence-electron chi connectivity index (χ2n) is 7.79. The first-order valence-corrected chi connectivity index (χ1v) is 12.2. The highest BCUT2D eigenvalue weighted by Crippen LogP contribution is 2.20. The van der Waals surface area contributed by atoms with Crippen molar-refractivity contribution >= 4 is 20.9 Å². The second-order valence-corrected chi connectivity index (χ2v) is 9.72. The zero-order valence-corrected chi connectivity index (χ0v) is 18.8. The van der Waals surface area contributed by atoms with Crippen molar-refractivity contribution in [2.24, 2.45) is 0 Å². The Hall–Kier alpha value is -3.22. The first-order chi connectivity index (χ1) is 15.5. The Balaban J connectivity index is 1.71. The highest BCUT2D eigenvalue weighted by molar-refractivity contribution is 7.89. The maximum absolute atomic E-state index is 13.4. The summed E-state index contributed by atoms with van der Waals surface area (Å²) < 4.78 is 28.3. The fraction of sp³-hybridized carbons (Fsp3) is 0.192. The quantitative estimate of drug-likeness (QED) is 0.432. The standard InChI is InChI=1S/C26H26N2O3S/c1-2-20-13-14-25-22(17-20)18-23(26(29)27-25)19-28(16-15-21-9-5-3-6-10-21)32(30,31)24-11-7-4-8-12-24/h3-14,17-18H,2,15-16,19H2,1H3,(H,27,29). The van der Waals surface area contributed by atoms with E-state index in [1.54, 1.807) is 30.3 Å². The lowest BCUT2D eigenvalue weighted by Gasteiger charge is -2.22. The van der Waals surface area contributed by atoms with E-state index < -0.39 is 10.0 Å². The van der Waals surface area contributed by atoms with Gasteiger partial charge in [-0.25, -0.2) is 8.42 Å². The number of aryl methyl sites for hydroxylation is 1. The molecule has 1 aromatic heterocycles. The molecule has 0 aliphatic rings. The SMILES string of the molecule is CCc1ccc2[nH]c(=O)c(CN(CCc3ccccc3)S(=O)(=O)c3ccccc3)cc2c1. The number of fused-ring (bicyclic) bond motifs is 1. The van der Waals surface area contributed by atoms with Crippen LogP contribution in [0.4, 0.5) is 0 Å². The summed E-state index contributed by atoms with van der Waals surface area (Å²) in [5, 5.41) is 0.902. The van der Waals surface area contributed by atoms with Crippen molar-refractivity contribution in [1.29, 1.82) is 0 Å². The van der Waals surface area contributed by atoms with Gasteiger partial charge in [-0.1, -0.05) is 61.5 Å². The van der Waals surface area contributed by atoms with E-state index in [4.69, 9.17) is 0 Å². The molecule has 0 aliphatic heterocycles. The Kier molecular flexibility index (Phi) is 6.53. The van der Waals surface area contributed by atoms with Gasteiger partial charge in [-0.3, -0.25) is 4.79 Å². The summed E-state index contributed by atoms with van der Waals surface area (Å²) in [4.78, 5) is 15.9. The molecular weight excluding hydrogens is 420 g/mol. The largest absolute Gasteiger partial charge is 0.322 e. The third kappa shape index (κ3) is 4.82. The molecule has 0 saturated carbocycles. The third-order valence-corrected chi connectivity index (χ3v) is 7.47. The molecule has 164 valence electrons. The molecule has 4 rings (SSSR count). The highest BCUT2D eigenvalue weighted by atomic mass is 32.2. The van der Waals surface area contributed by atoms with E-state index in [0.717, 1.165) is 28.5 Å². The number of aromatic nitrogens is 1. The van der Waals surface area contributed by atoms with Crippen LogP contribution in [0, 0.1) is 0 Å². The van der Waals surface area contributed by atoms with Gasteiger partial charge in [0.15, 0.2) is 0 Å². The van der Waals surface area contributed by atoms with E-state index in [0.29, 0.717) is 12.0 Å². The van der Waals surface area contributed by atoms with Crippen LogP contribution >= 0.6 is 0 Å². The van der Waals surface area contributed by atoms with Crippen LogP contribution in [0.3, 0.4) is 0 Å². The summed E-state index contributed by atoms with van der Waals surface area (Å²) in [5.41, 5.74) is 3.11. The van der Waals surface area contributed by atoms with Crippen LogP contribution in [0.1, 0.15) is 23.6 Å². The van der Waals surface area contributed by atoms with Crippen molar-refractivity contribution < 1.29 is 8.42 Å². The number of H-pyrrole nitrogens is 1. The van der Waals surface area contributed by atoms with Crippen molar-refractivity contribution in [3.63, 3.8) is 0 Å². The highest BCUT2D eigenvalue weighted by Gasteiger charge is 2.25. The molecule has 0 saturated heterocycles. The minimum absolute atomic E-state index is 0.00564. The smallest absolute Gasteiger partial charge is 0.252 e. The number of aromatic amines is 1. The first-order valence-electron chi connectivity index (χ1n) is 10.7. The number of sulfonamides is 1. The molecule has 0 aliphatic carbocycles. The fourth-order valence-corrected chi connectivity index (χ4v) is 5.19. The zero-order valence-electron chi connectivity index (χ0n) is 18.0. The molecule has 0 bridgehead atoms. The number of nitrogens with one attached hydrogen (secondary N) is 1. The second kappa shape index (κ2) is 9.51. The van der Waals surface area contributed by atoms with Crippen LogP contribution in [-0.4, -0.2) is 24.3 Å². The van der Waals surface area contributed by atoms with Crippen LogP contribution < -0.4 is 5.56 Å². The maximum Gasteiger partial charge on any atom is 0.252 e. The van der Waals surface area contributed by atoms with E-state index in [-0.39, 0.29) is 23.5 Å². The topological polar surface area (TPSA) is 70.2 Å². The molecule has 0 amide bonds. The molecule has 6 heteroatoms. The lowest BCUT2D eigenvalue weighted by Crippen LogP contribution is -2.34. The molecule has 0 atom stereocenters. The summed E-state index contributed by atoms with van der Waals surface area (Å²) >= 11 is 0. The van der Waals surface area contributed by atoms with Crippen LogP contribution in [0.15, 0.2) is 94.6 Å². The number of pyridine rings is 1. The van der Waals surface area contributed by atoms with E-state index in [2.05, 4.69) is 11.9 Å². The molecule has 1 N–H and O–H groups in total. The lowest BCUT2D eigenvalue weighted by atomic mass is 10.1. The summed E-state index contributed by atoms with van der Waals surface area (Å²) in [6.07, 6.45) is 1.44. The molecule has 0 unspecified atom stereocenters. The van der Waals surface area contributed by atoms with Gasteiger partial charge in [0.2, 0.25) is 10.0 Å². The average molecular weight is 447 g/mol. The molecule has 5 nitrogen and oxygen atoms in total. The first kappa shape index (κ1) is 22.0. The number of benzene rings is 3. The fourth-order valence-electron chi connectivity index (χ4n) is 3.75. The molecule has 0 spiro atoms. The molecular formula is C26H26N2O3S. The van der Waals surface area contributed by atoms with Gasteiger partial charge >= 0.3 is 0 Å². The van der Waals surface area contributed by atoms with Gasteiger partial charge in [0.1, 0.15) is 0 Å². The van der Waals surface area contributed by atoms with Crippen molar-refractivity contribution in [3.05, 3.63) is 112 Å². The van der Waals surface area contributed by atoms with Crippen molar-refractivity contribution in [2.45, 2.75) is 31.2 Å². The predicted molar refractivity (Wildman–Crippen MR) is 128 cm³/mol. The Morgan fingerprint density at radius 3 is 2.22 bits per heavy atom. The maximum atomic E-state index is 13.4. The van der Waals surface area contributed by atoms with Crippen LogP contribution in [0.2, 0.25) is 0 Å². The summed E-state index contributed by atoms with van der Waals surface area (Å²) in [5.74, 6) is 0. The monoisotopic (exact) mass is 446 g/mol. The van der Waals surface area contributed by atoms with Crippen molar-refractivity contribution in [1.82, 2.24) is 9.29 Å². The average Bonchev–Trinajstić information content (AvgIpc) is 2.82. The minimum atomic E-state index is -3.77. The third-order valence-electron chi connectivity index (χ3n) is 5.61. The zero-order chi connectivity index (χ0) is 22.6. The van der Waals surface area contributed by atoms with Crippen molar-refractivity contribution in [3.8, 4) is 0 Å². The molecule has 4 aromatic rings. The Morgan fingerprint density at radius 1 is 0.844 bits per heavy atom. The molecule has 32 heavy (non-hydrogen) atoms. The lowest BCUT2D eigenvalue weighted by molar-refractivity contribution is 0.408. The normalized spacial score (nSPS) is 11.8. The molecule has 1 heterocycles. The van der Waals surface area contributed by atoms with Gasteiger partial charge in [-0.15, -0.1) is 0 Å². The van der Waals surface area contributed by atoms with E-state index in [1.165, 1.54) is 4.31 Å². The Bertz CT molecular complexity index is 1360. The van der Waals surface area contributed by atoms with Crippen LogP contribution in [0.25, 0.3) is 10.9 Å². The van der Waals surface area contributed by atoms with Crippen LogP contribution in [-0.2, 0) is 29.4 Å². The Labute approximate surface area is 188 Å². The van der Waals surface area contributed by atoms with E-state index in [1.807, 2.05) is 54.6 Å². The van der Waals surface area contributed by atoms with Gasteiger partial charge in [0, 0.05) is 24.2 Å². The summed E-state index contributed by atoms with van der Waals surface area (Å²) in [7, 11) is -3.77. The summed E-state index contributed by atoms with van der Waals surface area (Å²) in [6.45, 7) is 2.35. The molecule has 0 radical (unpaired) electrons. The molecule has 3 aromatic carbocycles. The van der Waals surface area contributed by atoms with E-state index in [9.17, 15) is 13.2 Å². The van der Waals surface area contributed by atoms with Gasteiger partial charge in [-0.2, -0.15) is 4.31 Å². The van der Waals surface area contributed by atoms with Crippen LogP contribution in [0.5, 0.6) is 0 Å². The molecule has 0 fully saturated rings. The van der Waals surface area contributed by atoms with Crippen molar-refractivity contribution in [2.75, 3.05) is 6.54 Å². The minimum Gasteiger partial charge on any atom is -0.322 e. The number of hydrogen-bond acceptors (Lipinski definition) is 3. The number of hydrogen-bond donors (Lipinski definition) is 1. The van der Waals surface area contributed by atoms with Gasteiger partial charge in [0.05, 0.1) is 4.90 Å². The van der Waals surface area contributed by atoms with Gasteiger partial charge in [0.25, 0.3) is 5.56 Å². The van der Waals surface area contributed by atoms with Gasteiger partial charge < -0.3 is 4.98 Å². The Morgan fingerprint density at radius 2 is 1.53 bits per heavy atom. The predicted octanol–water partition coefficient (Wildman–Crippen LogP) is 4.52. The summed E-state index contributed by atoms with van der Waals surface area (Å²) in [6, 6.07) is 25.9. The number of rotatable bonds is 8. The number of nitrogens with zero attached hydrogens (tertiary/aromatic N) is 1. The van der Waals surface area contributed by atoms with E-state index >= 15 is 0 Å². The van der Waals surface area contributed by atoms with Gasteiger partial charge in [-0.05, 0) is 59.7 Å².